The van der Waals surface area contributed by atoms with E-state index in [0.717, 1.165) is 25.5 Å². The van der Waals surface area contributed by atoms with E-state index in [-0.39, 0.29) is 16.7 Å². The molecule has 0 saturated heterocycles. The summed E-state index contributed by atoms with van der Waals surface area (Å²) in [4.78, 5) is 14.1. The summed E-state index contributed by atoms with van der Waals surface area (Å²) in [6.45, 7) is 1.41. The molecule has 2 rings (SSSR count). The molecular formula is C13H16N4O3. The zero-order chi connectivity index (χ0) is 14.6. The van der Waals surface area contributed by atoms with Gasteiger partial charge >= 0.3 is 0 Å². The van der Waals surface area contributed by atoms with E-state index in [9.17, 15) is 10.1 Å². The van der Waals surface area contributed by atoms with Crippen molar-refractivity contribution in [1.82, 2.24) is 4.98 Å². The van der Waals surface area contributed by atoms with E-state index in [2.05, 4.69) is 10.3 Å². The lowest BCUT2D eigenvalue weighted by molar-refractivity contribution is -0.385. The minimum absolute atomic E-state index is 0.174. The second-order valence-electron chi connectivity index (χ2n) is 5.05. The normalized spacial score (nSPS) is 15.4. The maximum Gasteiger partial charge on any atom is 0.289 e. The van der Waals surface area contributed by atoms with Gasteiger partial charge in [-0.05, 0) is 24.7 Å². The molecule has 0 amide bonds. The Morgan fingerprint density at radius 3 is 2.95 bits per heavy atom. The Balaban J connectivity index is 2.03. The lowest BCUT2D eigenvalue weighted by Gasteiger charge is -2.16. The second-order valence-corrected chi connectivity index (χ2v) is 5.05. The van der Waals surface area contributed by atoms with Crippen LogP contribution in [0, 0.1) is 26.9 Å². The first-order valence-electron chi connectivity index (χ1n) is 6.37. The Labute approximate surface area is 116 Å². The van der Waals surface area contributed by atoms with Gasteiger partial charge in [0.1, 0.15) is 23.6 Å². The van der Waals surface area contributed by atoms with Gasteiger partial charge < -0.3 is 10.1 Å². The standard InChI is InChI=1S/C13H16N4O3/c1-20-5-4-13(2-3-13)9-16-12-10(7-14)6-11(8-15-12)17(18)19/h6,8H,2-5,9H2,1H3,(H,15,16). The number of anilines is 1. The van der Waals surface area contributed by atoms with Crippen molar-refractivity contribution < 1.29 is 9.66 Å². The molecule has 0 radical (unpaired) electrons. The number of rotatable bonds is 7. The summed E-state index contributed by atoms with van der Waals surface area (Å²) < 4.78 is 5.09. The molecule has 1 saturated carbocycles. The van der Waals surface area contributed by atoms with E-state index in [4.69, 9.17) is 10.00 Å². The van der Waals surface area contributed by atoms with Crippen LogP contribution in [-0.4, -0.2) is 30.2 Å². The van der Waals surface area contributed by atoms with Crippen molar-refractivity contribution in [2.75, 3.05) is 25.6 Å². The number of pyridine rings is 1. The van der Waals surface area contributed by atoms with E-state index >= 15 is 0 Å². The highest BCUT2D eigenvalue weighted by Gasteiger charge is 2.41. The minimum Gasteiger partial charge on any atom is -0.385 e. The minimum atomic E-state index is -0.557. The number of hydrogen-bond donors (Lipinski definition) is 1. The molecule has 7 heteroatoms. The van der Waals surface area contributed by atoms with Crippen molar-refractivity contribution >= 4 is 11.5 Å². The third kappa shape index (κ3) is 3.22. The molecule has 1 fully saturated rings. The molecule has 1 N–H and O–H groups in total. The molecule has 0 spiro atoms. The zero-order valence-corrected chi connectivity index (χ0v) is 11.3. The van der Waals surface area contributed by atoms with Gasteiger partial charge in [0.15, 0.2) is 0 Å². The van der Waals surface area contributed by atoms with Gasteiger partial charge in [0.25, 0.3) is 5.69 Å². The summed E-state index contributed by atoms with van der Waals surface area (Å²) in [6.07, 6.45) is 4.37. The Kier molecular flexibility index (Phi) is 4.15. The van der Waals surface area contributed by atoms with Crippen LogP contribution in [0.1, 0.15) is 24.8 Å². The molecule has 0 aromatic carbocycles. The van der Waals surface area contributed by atoms with Crippen LogP contribution in [0.5, 0.6) is 0 Å². The van der Waals surface area contributed by atoms with Gasteiger partial charge in [-0.2, -0.15) is 5.26 Å². The zero-order valence-electron chi connectivity index (χ0n) is 11.3. The van der Waals surface area contributed by atoms with Crippen LogP contribution >= 0.6 is 0 Å². The highest BCUT2D eigenvalue weighted by Crippen LogP contribution is 2.48. The topological polar surface area (TPSA) is 101 Å². The molecular weight excluding hydrogens is 260 g/mol. The average Bonchev–Trinajstić information content (AvgIpc) is 3.23. The fourth-order valence-electron chi connectivity index (χ4n) is 2.06. The lowest BCUT2D eigenvalue weighted by Crippen LogP contribution is -2.18. The van der Waals surface area contributed by atoms with Gasteiger partial charge in [0.2, 0.25) is 0 Å². The summed E-state index contributed by atoms with van der Waals surface area (Å²) in [6, 6.07) is 3.18. The number of ether oxygens (including phenoxy) is 1. The Bertz CT molecular complexity index is 549. The van der Waals surface area contributed by atoms with Gasteiger partial charge in [-0.1, -0.05) is 0 Å². The monoisotopic (exact) mass is 276 g/mol. The van der Waals surface area contributed by atoms with Gasteiger partial charge in [0, 0.05) is 26.3 Å². The number of aromatic nitrogens is 1. The molecule has 0 aliphatic heterocycles. The van der Waals surface area contributed by atoms with Crippen LogP contribution in [0.15, 0.2) is 12.3 Å². The summed E-state index contributed by atoms with van der Waals surface area (Å²) in [5.41, 5.74) is 0.237. The average molecular weight is 276 g/mol. The number of nitrogens with zero attached hydrogens (tertiary/aromatic N) is 3. The molecule has 0 bridgehead atoms. The van der Waals surface area contributed by atoms with Crippen molar-refractivity contribution in [3.63, 3.8) is 0 Å². The predicted octanol–water partition coefficient (Wildman–Crippen LogP) is 2.09. The van der Waals surface area contributed by atoms with Gasteiger partial charge in [-0.25, -0.2) is 4.98 Å². The third-order valence-electron chi connectivity index (χ3n) is 3.63. The lowest BCUT2D eigenvalue weighted by atomic mass is 10.0. The maximum atomic E-state index is 10.6. The molecule has 20 heavy (non-hydrogen) atoms. The summed E-state index contributed by atoms with van der Waals surface area (Å²) in [5.74, 6) is 0.404. The third-order valence-corrected chi connectivity index (χ3v) is 3.63. The number of nitrogens with one attached hydrogen (secondary N) is 1. The largest absolute Gasteiger partial charge is 0.385 e. The Morgan fingerprint density at radius 2 is 2.40 bits per heavy atom. The Hall–Kier alpha value is -2.20. The summed E-state index contributed by atoms with van der Waals surface area (Å²) >= 11 is 0. The van der Waals surface area contributed by atoms with Crippen molar-refractivity contribution in [3.05, 3.63) is 27.9 Å². The van der Waals surface area contributed by atoms with E-state index < -0.39 is 4.92 Å². The van der Waals surface area contributed by atoms with E-state index in [1.54, 1.807) is 7.11 Å². The van der Waals surface area contributed by atoms with Crippen LogP contribution in [-0.2, 0) is 4.74 Å². The van der Waals surface area contributed by atoms with Crippen LogP contribution < -0.4 is 5.32 Å². The predicted molar refractivity (Wildman–Crippen MR) is 72.3 cm³/mol. The SMILES string of the molecule is COCCC1(CNc2ncc([N+](=O)[O-])cc2C#N)CC1. The molecule has 1 aliphatic carbocycles. The van der Waals surface area contributed by atoms with Crippen LogP contribution in [0.2, 0.25) is 0 Å². The smallest absolute Gasteiger partial charge is 0.289 e. The van der Waals surface area contributed by atoms with Gasteiger partial charge in [0.05, 0.1) is 4.92 Å². The van der Waals surface area contributed by atoms with Crippen LogP contribution in [0.4, 0.5) is 11.5 Å². The fourth-order valence-corrected chi connectivity index (χ4v) is 2.06. The maximum absolute atomic E-state index is 10.6. The van der Waals surface area contributed by atoms with E-state index in [0.29, 0.717) is 19.0 Å². The highest BCUT2D eigenvalue weighted by atomic mass is 16.6. The number of nitriles is 1. The fraction of sp³-hybridized carbons (Fsp3) is 0.538. The molecule has 1 aromatic heterocycles. The molecule has 0 atom stereocenters. The summed E-state index contributed by atoms with van der Waals surface area (Å²) in [7, 11) is 1.68. The second kappa shape index (κ2) is 5.84. The molecule has 7 nitrogen and oxygen atoms in total. The molecule has 1 aliphatic rings. The van der Waals surface area contributed by atoms with Crippen molar-refractivity contribution in [1.29, 1.82) is 5.26 Å². The van der Waals surface area contributed by atoms with Crippen LogP contribution in [0.3, 0.4) is 0 Å². The molecule has 106 valence electrons. The number of methoxy groups -OCH3 is 1. The highest BCUT2D eigenvalue weighted by molar-refractivity contribution is 5.55. The van der Waals surface area contributed by atoms with Crippen LogP contribution in [0.25, 0.3) is 0 Å². The molecule has 0 unspecified atom stereocenters. The van der Waals surface area contributed by atoms with Crippen molar-refractivity contribution in [2.24, 2.45) is 5.41 Å². The summed E-state index contributed by atoms with van der Waals surface area (Å²) in [5, 5.41) is 22.8. The Morgan fingerprint density at radius 1 is 1.65 bits per heavy atom. The first kappa shape index (κ1) is 14.2. The molecule has 1 heterocycles. The molecule has 1 aromatic rings. The first-order chi connectivity index (χ1) is 9.60. The number of nitro groups is 1. The van der Waals surface area contributed by atoms with Gasteiger partial charge in [-0.3, -0.25) is 10.1 Å². The first-order valence-corrected chi connectivity index (χ1v) is 6.37. The van der Waals surface area contributed by atoms with Crippen molar-refractivity contribution in [3.8, 4) is 6.07 Å². The number of hydrogen-bond acceptors (Lipinski definition) is 6. The van der Waals surface area contributed by atoms with Crippen molar-refractivity contribution in [2.45, 2.75) is 19.3 Å². The van der Waals surface area contributed by atoms with E-state index in [1.807, 2.05) is 6.07 Å². The quantitative estimate of drug-likeness (QED) is 0.604. The van der Waals surface area contributed by atoms with Gasteiger partial charge in [-0.15, -0.1) is 0 Å². The van der Waals surface area contributed by atoms with E-state index in [1.165, 1.54) is 6.07 Å².